The van der Waals surface area contributed by atoms with E-state index in [1.807, 2.05) is 12.1 Å². The second-order valence-electron chi connectivity index (χ2n) is 9.03. The van der Waals surface area contributed by atoms with Crippen LogP contribution in [0.4, 0.5) is 0 Å². The number of hydrogen-bond acceptors (Lipinski definition) is 5. The van der Waals surface area contributed by atoms with Gasteiger partial charge in [0.2, 0.25) is 0 Å². The van der Waals surface area contributed by atoms with E-state index in [0.717, 1.165) is 31.0 Å². The van der Waals surface area contributed by atoms with Crippen LogP contribution in [0.15, 0.2) is 42.5 Å². The van der Waals surface area contributed by atoms with E-state index in [0.29, 0.717) is 36.9 Å². The van der Waals surface area contributed by atoms with Crippen molar-refractivity contribution in [3.63, 3.8) is 0 Å². The van der Waals surface area contributed by atoms with Gasteiger partial charge in [-0.2, -0.15) is 0 Å². The van der Waals surface area contributed by atoms with Crippen molar-refractivity contribution < 1.29 is 19.0 Å². The lowest BCUT2D eigenvalue weighted by Crippen LogP contribution is -2.47. The van der Waals surface area contributed by atoms with Crippen molar-refractivity contribution in [2.75, 3.05) is 32.8 Å². The molecule has 2 saturated heterocycles. The van der Waals surface area contributed by atoms with Gasteiger partial charge in [-0.1, -0.05) is 29.8 Å². The van der Waals surface area contributed by atoms with Gasteiger partial charge >= 0.3 is 0 Å². The Kier molecular flexibility index (Phi) is 5.83. The van der Waals surface area contributed by atoms with E-state index >= 15 is 0 Å². The first kappa shape index (κ1) is 20.3. The van der Waals surface area contributed by atoms with Crippen LogP contribution in [0.1, 0.15) is 34.3 Å². The molecule has 6 nitrogen and oxygen atoms in total. The van der Waals surface area contributed by atoms with E-state index in [1.54, 1.807) is 6.07 Å². The molecule has 2 fully saturated rings. The van der Waals surface area contributed by atoms with E-state index in [1.165, 1.54) is 18.5 Å². The van der Waals surface area contributed by atoms with E-state index < -0.39 is 0 Å². The van der Waals surface area contributed by atoms with Crippen LogP contribution < -0.4 is 14.8 Å². The normalized spacial score (nSPS) is 26.5. The first-order chi connectivity index (χ1) is 15.1. The van der Waals surface area contributed by atoms with E-state index in [-0.39, 0.29) is 18.1 Å². The van der Waals surface area contributed by atoms with Gasteiger partial charge in [0.05, 0.1) is 13.2 Å². The summed E-state index contributed by atoms with van der Waals surface area (Å²) in [4.78, 5) is 15.2. The van der Waals surface area contributed by atoms with Crippen LogP contribution in [0, 0.1) is 12.8 Å². The van der Waals surface area contributed by atoms with Gasteiger partial charge in [-0.25, -0.2) is 0 Å². The molecule has 6 heteroatoms. The molecule has 2 aromatic rings. The molecule has 1 unspecified atom stereocenters. The number of hydrogen-bond donors (Lipinski definition) is 1. The summed E-state index contributed by atoms with van der Waals surface area (Å²) in [7, 11) is 0. The number of benzene rings is 2. The largest absolute Gasteiger partial charge is 0.486 e. The highest BCUT2D eigenvalue weighted by molar-refractivity contribution is 5.95. The maximum absolute atomic E-state index is 12.7. The molecule has 4 atom stereocenters. The number of piperidine rings is 1. The number of aryl methyl sites for hydroxylation is 1. The minimum atomic E-state index is -0.163. The number of nitrogens with zero attached hydrogens (tertiary/aromatic N) is 1. The molecule has 2 bridgehead atoms. The van der Waals surface area contributed by atoms with Crippen LogP contribution in [-0.4, -0.2) is 55.8 Å². The number of ether oxygens (including phenoxy) is 3. The summed E-state index contributed by atoms with van der Waals surface area (Å²) in [6, 6.07) is 14.0. The first-order valence-electron chi connectivity index (χ1n) is 11.2. The van der Waals surface area contributed by atoms with Crippen molar-refractivity contribution in [3.05, 3.63) is 59.2 Å². The molecule has 1 amide bonds. The van der Waals surface area contributed by atoms with E-state index in [2.05, 4.69) is 41.4 Å². The quantitative estimate of drug-likeness (QED) is 0.775. The Bertz CT molecular complexity index is 918. The fraction of sp³-hybridized carbons (Fsp3) is 0.480. The fourth-order valence-electron chi connectivity index (χ4n) is 4.76. The van der Waals surface area contributed by atoms with Crippen molar-refractivity contribution >= 4 is 5.91 Å². The summed E-state index contributed by atoms with van der Waals surface area (Å²) < 4.78 is 17.7. The van der Waals surface area contributed by atoms with Crippen molar-refractivity contribution in [1.29, 1.82) is 0 Å². The molecule has 164 valence electrons. The highest BCUT2D eigenvalue weighted by atomic mass is 16.6. The third-order valence-electron chi connectivity index (χ3n) is 6.42. The predicted octanol–water partition coefficient (Wildman–Crippen LogP) is 3.18. The molecule has 0 aliphatic carbocycles. The summed E-state index contributed by atoms with van der Waals surface area (Å²) in [5.74, 6) is 1.97. The molecule has 3 heterocycles. The molecule has 1 N–H and O–H groups in total. The summed E-state index contributed by atoms with van der Waals surface area (Å²) in [5, 5.41) is 3.20. The molecule has 2 aromatic carbocycles. The van der Waals surface area contributed by atoms with Gasteiger partial charge in [-0.3, -0.25) is 4.79 Å². The summed E-state index contributed by atoms with van der Waals surface area (Å²) >= 11 is 0. The molecule has 5 rings (SSSR count). The Morgan fingerprint density at radius 2 is 2.03 bits per heavy atom. The zero-order chi connectivity index (χ0) is 21.2. The summed E-state index contributed by atoms with van der Waals surface area (Å²) in [6.07, 6.45) is 2.17. The molecule has 0 aromatic heterocycles. The lowest BCUT2D eigenvalue weighted by atomic mass is 9.96. The Hall–Kier alpha value is -2.57. The zero-order valence-electron chi connectivity index (χ0n) is 18.0. The SMILES string of the molecule is Cc1ccc(COC[C@H]2COc3cc(C(=O)N[C@@H]4C[C@@H]5CCN(C5)C4)ccc3O2)cc1. The average molecular weight is 423 g/mol. The van der Waals surface area contributed by atoms with Gasteiger partial charge in [0.25, 0.3) is 5.91 Å². The summed E-state index contributed by atoms with van der Waals surface area (Å²) in [5.41, 5.74) is 2.99. The van der Waals surface area contributed by atoms with Crippen LogP contribution in [0.5, 0.6) is 11.5 Å². The topological polar surface area (TPSA) is 60.0 Å². The number of carbonyl (C=O) groups is 1. The molecular formula is C25H30N2O4. The number of carbonyl (C=O) groups excluding carboxylic acids is 1. The van der Waals surface area contributed by atoms with Crippen LogP contribution in [-0.2, 0) is 11.3 Å². The molecule has 0 radical (unpaired) electrons. The van der Waals surface area contributed by atoms with Crippen LogP contribution >= 0.6 is 0 Å². The van der Waals surface area contributed by atoms with Crippen molar-refractivity contribution in [2.24, 2.45) is 5.92 Å². The van der Waals surface area contributed by atoms with Gasteiger partial charge in [0.1, 0.15) is 6.61 Å². The molecule has 0 saturated carbocycles. The first-order valence-corrected chi connectivity index (χ1v) is 11.2. The molecule has 0 spiro atoms. The maximum atomic E-state index is 12.7. The van der Waals surface area contributed by atoms with Gasteiger partial charge in [-0.15, -0.1) is 0 Å². The minimum absolute atomic E-state index is 0.0394. The van der Waals surface area contributed by atoms with Crippen molar-refractivity contribution in [2.45, 2.75) is 38.5 Å². The lowest BCUT2D eigenvalue weighted by molar-refractivity contribution is 0.00268. The highest BCUT2D eigenvalue weighted by Crippen LogP contribution is 2.33. The monoisotopic (exact) mass is 422 g/mol. The third-order valence-corrected chi connectivity index (χ3v) is 6.42. The number of nitrogens with one attached hydrogen (secondary N) is 1. The molecule has 31 heavy (non-hydrogen) atoms. The van der Waals surface area contributed by atoms with Crippen LogP contribution in [0.3, 0.4) is 0 Å². The Balaban J connectivity index is 1.13. The second kappa shape index (κ2) is 8.89. The van der Waals surface area contributed by atoms with Crippen LogP contribution in [0.25, 0.3) is 0 Å². The molecule has 3 aliphatic rings. The highest BCUT2D eigenvalue weighted by Gasteiger charge is 2.33. The minimum Gasteiger partial charge on any atom is -0.486 e. The zero-order valence-corrected chi connectivity index (χ0v) is 18.0. The standard InChI is InChI=1S/C25H30N2O4/c1-17-2-4-18(5-3-17)14-29-15-22-16-30-24-11-20(6-7-23(24)31-22)25(28)26-21-10-19-8-9-27(12-19)13-21/h2-7,11,19,21-22H,8-10,12-16H2,1H3,(H,26,28)/t19-,21+,22-/m0/s1. The number of amides is 1. The number of rotatable bonds is 6. The van der Waals surface area contributed by atoms with Gasteiger partial charge in [0, 0.05) is 24.7 Å². The number of fused-ring (bicyclic) bond motifs is 3. The van der Waals surface area contributed by atoms with Crippen LogP contribution in [0.2, 0.25) is 0 Å². The Labute approximate surface area is 183 Å². The third kappa shape index (κ3) is 4.86. The van der Waals surface area contributed by atoms with Crippen molar-refractivity contribution in [3.8, 4) is 11.5 Å². The second-order valence-corrected chi connectivity index (χ2v) is 9.03. The molecule has 3 aliphatic heterocycles. The summed E-state index contributed by atoms with van der Waals surface area (Å²) in [6.45, 7) is 6.79. The maximum Gasteiger partial charge on any atom is 0.251 e. The smallest absolute Gasteiger partial charge is 0.251 e. The van der Waals surface area contributed by atoms with Gasteiger partial charge in [-0.05, 0) is 56.0 Å². The average Bonchev–Trinajstić information content (AvgIpc) is 3.12. The lowest BCUT2D eigenvalue weighted by Gasteiger charge is -2.30. The van der Waals surface area contributed by atoms with E-state index in [4.69, 9.17) is 14.2 Å². The Morgan fingerprint density at radius 3 is 2.87 bits per heavy atom. The van der Waals surface area contributed by atoms with Crippen molar-refractivity contribution in [1.82, 2.24) is 10.2 Å². The van der Waals surface area contributed by atoms with Gasteiger partial charge in [0.15, 0.2) is 17.6 Å². The molecular weight excluding hydrogens is 392 g/mol. The van der Waals surface area contributed by atoms with Gasteiger partial charge < -0.3 is 24.4 Å². The predicted molar refractivity (Wildman–Crippen MR) is 118 cm³/mol. The van der Waals surface area contributed by atoms with E-state index in [9.17, 15) is 4.79 Å². The Morgan fingerprint density at radius 1 is 1.16 bits per heavy atom. The fourth-order valence-corrected chi connectivity index (χ4v) is 4.76.